The average molecular weight is 419 g/mol. The summed E-state index contributed by atoms with van der Waals surface area (Å²) in [4.78, 5) is 0. The van der Waals surface area contributed by atoms with Crippen molar-refractivity contribution in [3.8, 4) is 22.9 Å². The van der Waals surface area contributed by atoms with Crippen molar-refractivity contribution in [2.75, 3.05) is 14.2 Å². The summed E-state index contributed by atoms with van der Waals surface area (Å²) >= 11 is 8.81. The lowest BCUT2D eigenvalue weighted by Gasteiger charge is -2.10. The molecule has 3 aromatic rings. The van der Waals surface area contributed by atoms with E-state index in [1.54, 1.807) is 25.1 Å². The molecule has 1 aromatic heterocycles. The molecule has 0 bridgehead atoms. The summed E-state index contributed by atoms with van der Waals surface area (Å²) in [5, 5.41) is 11.5. The highest BCUT2D eigenvalue weighted by Gasteiger charge is 2.12. The largest absolute Gasteiger partial charge is 0.493 e. The highest BCUT2D eigenvalue weighted by molar-refractivity contribution is 9.10. The summed E-state index contributed by atoms with van der Waals surface area (Å²) in [6.45, 7) is 0. The second kappa shape index (κ2) is 7.62. The molecule has 0 aliphatic heterocycles. The molecule has 1 N–H and O–H groups in total. The zero-order valence-electron chi connectivity index (χ0n) is 13.6. The van der Waals surface area contributed by atoms with Gasteiger partial charge in [0, 0.05) is 11.1 Å². The molecule has 25 heavy (non-hydrogen) atoms. The molecule has 0 radical (unpaired) electrons. The van der Waals surface area contributed by atoms with Crippen molar-refractivity contribution >= 4 is 34.4 Å². The number of methoxy groups -OCH3 is 2. The maximum atomic E-state index is 5.38. The Labute approximate surface area is 158 Å². The maximum absolute atomic E-state index is 5.38. The molecule has 8 heteroatoms. The Morgan fingerprint density at radius 1 is 1.16 bits per heavy atom. The summed E-state index contributed by atoms with van der Waals surface area (Å²) in [7, 11) is 3.18. The molecular weight excluding hydrogens is 404 g/mol. The van der Waals surface area contributed by atoms with Gasteiger partial charge in [-0.25, -0.2) is 5.10 Å². The minimum absolute atomic E-state index is 0.409. The summed E-state index contributed by atoms with van der Waals surface area (Å²) in [6.07, 6.45) is 1.68. The van der Waals surface area contributed by atoms with Crippen LogP contribution in [-0.2, 0) is 0 Å². The second-order valence-corrected chi connectivity index (χ2v) is 6.16. The fourth-order valence-corrected chi connectivity index (χ4v) is 3.07. The summed E-state index contributed by atoms with van der Waals surface area (Å²) in [5.41, 5.74) is 1.73. The zero-order chi connectivity index (χ0) is 17.8. The molecule has 128 valence electrons. The Morgan fingerprint density at radius 3 is 2.60 bits per heavy atom. The number of H-pyrrole nitrogens is 1. The molecule has 0 unspecified atom stereocenters. The van der Waals surface area contributed by atoms with Gasteiger partial charge in [0.15, 0.2) is 17.3 Å². The van der Waals surface area contributed by atoms with Crippen molar-refractivity contribution in [1.29, 1.82) is 0 Å². The van der Waals surface area contributed by atoms with Crippen LogP contribution in [0.25, 0.3) is 11.4 Å². The normalized spacial score (nSPS) is 11.0. The first-order valence-corrected chi connectivity index (χ1v) is 8.53. The first kappa shape index (κ1) is 17.4. The van der Waals surface area contributed by atoms with Gasteiger partial charge in [-0.1, -0.05) is 30.3 Å². The molecule has 0 spiro atoms. The maximum Gasteiger partial charge on any atom is 0.216 e. The van der Waals surface area contributed by atoms with Gasteiger partial charge in [-0.2, -0.15) is 14.9 Å². The van der Waals surface area contributed by atoms with Crippen molar-refractivity contribution in [3.05, 3.63) is 57.3 Å². The Hall–Kier alpha value is -2.45. The van der Waals surface area contributed by atoms with E-state index < -0.39 is 0 Å². The quantitative estimate of drug-likeness (QED) is 0.496. The van der Waals surface area contributed by atoms with Crippen LogP contribution in [0.3, 0.4) is 0 Å². The molecule has 3 rings (SSSR count). The fourth-order valence-electron chi connectivity index (χ4n) is 2.30. The standard InChI is InChI=1S/C17H15BrN4O2S/c1-23-13-9-8-12(14(18)15(13)24-2)10-19-22-16(20-21-17(22)25)11-6-4-3-5-7-11/h3-10H,1-2H3,(H,21,25)/b19-10-. The van der Waals surface area contributed by atoms with E-state index in [2.05, 4.69) is 31.2 Å². The molecule has 0 aliphatic rings. The molecule has 1 heterocycles. The van der Waals surface area contributed by atoms with E-state index in [1.807, 2.05) is 42.5 Å². The Morgan fingerprint density at radius 2 is 1.92 bits per heavy atom. The van der Waals surface area contributed by atoms with Crippen LogP contribution in [0.2, 0.25) is 0 Å². The van der Waals surface area contributed by atoms with Gasteiger partial charge in [-0.3, -0.25) is 0 Å². The molecule has 0 amide bonds. The predicted octanol–water partition coefficient (Wildman–Crippen LogP) is 4.27. The lowest BCUT2D eigenvalue weighted by molar-refractivity contribution is 0.353. The van der Waals surface area contributed by atoms with Crippen LogP contribution in [0.5, 0.6) is 11.5 Å². The number of nitrogens with one attached hydrogen (secondary N) is 1. The van der Waals surface area contributed by atoms with Crippen LogP contribution < -0.4 is 9.47 Å². The molecule has 0 saturated carbocycles. The van der Waals surface area contributed by atoms with Crippen molar-refractivity contribution < 1.29 is 9.47 Å². The number of halogens is 1. The highest BCUT2D eigenvalue weighted by atomic mass is 79.9. The van der Waals surface area contributed by atoms with Gasteiger partial charge in [0.25, 0.3) is 0 Å². The second-order valence-electron chi connectivity index (χ2n) is 4.98. The monoisotopic (exact) mass is 418 g/mol. The predicted molar refractivity (Wildman–Crippen MR) is 103 cm³/mol. The zero-order valence-corrected chi connectivity index (χ0v) is 16.0. The van der Waals surface area contributed by atoms with E-state index in [9.17, 15) is 0 Å². The van der Waals surface area contributed by atoms with Gasteiger partial charge >= 0.3 is 0 Å². The van der Waals surface area contributed by atoms with Gasteiger partial charge in [-0.15, -0.1) is 0 Å². The minimum atomic E-state index is 0.409. The number of aromatic amines is 1. The number of benzene rings is 2. The molecule has 2 aromatic carbocycles. The van der Waals surface area contributed by atoms with E-state index in [1.165, 1.54) is 0 Å². The molecule has 0 saturated heterocycles. The summed E-state index contributed by atoms with van der Waals surface area (Å²) in [5.74, 6) is 1.88. The van der Waals surface area contributed by atoms with E-state index in [4.69, 9.17) is 21.7 Å². The van der Waals surface area contributed by atoms with Gasteiger partial charge < -0.3 is 9.47 Å². The third kappa shape index (κ3) is 3.49. The smallest absolute Gasteiger partial charge is 0.216 e. The van der Waals surface area contributed by atoms with Crippen molar-refractivity contribution in [3.63, 3.8) is 0 Å². The molecule has 6 nitrogen and oxygen atoms in total. The number of nitrogens with zero attached hydrogens (tertiary/aromatic N) is 3. The Balaban J connectivity index is 2.02. The Bertz CT molecular complexity index is 967. The van der Waals surface area contributed by atoms with E-state index in [-0.39, 0.29) is 0 Å². The van der Waals surface area contributed by atoms with Crippen LogP contribution in [0.15, 0.2) is 52.0 Å². The Kier molecular flexibility index (Phi) is 5.30. The van der Waals surface area contributed by atoms with Crippen LogP contribution in [0, 0.1) is 4.77 Å². The van der Waals surface area contributed by atoms with Gasteiger partial charge in [-0.05, 0) is 40.3 Å². The highest BCUT2D eigenvalue weighted by Crippen LogP contribution is 2.36. The lowest BCUT2D eigenvalue weighted by Crippen LogP contribution is -1.97. The van der Waals surface area contributed by atoms with E-state index in [0.29, 0.717) is 22.1 Å². The number of aromatic nitrogens is 3. The fraction of sp³-hybridized carbons (Fsp3) is 0.118. The number of hydrogen-bond acceptors (Lipinski definition) is 5. The van der Waals surface area contributed by atoms with Crippen molar-refractivity contribution in [2.45, 2.75) is 0 Å². The van der Waals surface area contributed by atoms with Crippen LogP contribution in [0.4, 0.5) is 0 Å². The molecular formula is C17H15BrN4O2S. The number of ether oxygens (including phenoxy) is 2. The molecule has 0 aliphatic carbocycles. The number of hydrogen-bond donors (Lipinski definition) is 1. The average Bonchev–Trinajstić information content (AvgIpc) is 3.01. The summed E-state index contributed by atoms with van der Waals surface area (Å²) < 4.78 is 13.4. The third-order valence-electron chi connectivity index (χ3n) is 3.51. The van der Waals surface area contributed by atoms with Gasteiger partial charge in [0.2, 0.25) is 4.77 Å². The van der Waals surface area contributed by atoms with Crippen molar-refractivity contribution in [1.82, 2.24) is 14.9 Å². The first-order chi connectivity index (χ1) is 12.2. The topological polar surface area (TPSA) is 64.4 Å². The SMILES string of the molecule is COc1ccc(/C=N\n2c(-c3ccccc3)n[nH]c2=S)c(Br)c1OC. The van der Waals surface area contributed by atoms with E-state index in [0.717, 1.165) is 15.6 Å². The lowest BCUT2D eigenvalue weighted by atomic mass is 10.2. The minimum Gasteiger partial charge on any atom is -0.493 e. The van der Waals surface area contributed by atoms with Crippen LogP contribution >= 0.6 is 28.1 Å². The van der Waals surface area contributed by atoms with E-state index >= 15 is 0 Å². The number of rotatable bonds is 5. The molecule has 0 atom stereocenters. The van der Waals surface area contributed by atoms with Gasteiger partial charge in [0.1, 0.15) is 0 Å². The van der Waals surface area contributed by atoms with Crippen molar-refractivity contribution in [2.24, 2.45) is 5.10 Å². The van der Waals surface area contributed by atoms with Crippen LogP contribution in [0.1, 0.15) is 5.56 Å². The third-order valence-corrected chi connectivity index (χ3v) is 4.59. The summed E-state index contributed by atoms with van der Waals surface area (Å²) in [6, 6.07) is 13.4. The first-order valence-electron chi connectivity index (χ1n) is 7.33. The molecule has 0 fully saturated rings. The van der Waals surface area contributed by atoms with Crippen LogP contribution in [-0.4, -0.2) is 35.3 Å². The van der Waals surface area contributed by atoms with Gasteiger partial charge in [0.05, 0.1) is 24.9 Å².